The number of aromatic nitrogens is 2. The van der Waals surface area contributed by atoms with Crippen molar-refractivity contribution in [3.63, 3.8) is 0 Å². The molecule has 2 aliphatic heterocycles. The average Bonchev–Trinajstić information content (AvgIpc) is 3.38. The van der Waals surface area contributed by atoms with Crippen LogP contribution in [0.3, 0.4) is 0 Å². The Hall–Kier alpha value is -3.12. The molecule has 1 amide bonds. The Kier molecular flexibility index (Phi) is 4.79. The highest BCUT2D eigenvalue weighted by Gasteiger charge is 2.31. The zero-order chi connectivity index (χ0) is 20.7. The van der Waals surface area contributed by atoms with E-state index >= 15 is 0 Å². The summed E-state index contributed by atoms with van der Waals surface area (Å²) >= 11 is 0. The number of carbonyl (C=O) groups is 1. The van der Waals surface area contributed by atoms with Gasteiger partial charge in [-0.1, -0.05) is 24.3 Å². The summed E-state index contributed by atoms with van der Waals surface area (Å²) in [6, 6.07) is 16.3. The molecule has 1 fully saturated rings. The molecule has 1 aromatic carbocycles. The number of benzene rings is 1. The number of pyridine rings is 1. The van der Waals surface area contributed by atoms with Gasteiger partial charge in [0, 0.05) is 30.1 Å². The second kappa shape index (κ2) is 7.61. The van der Waals surface area contributed by atoms with Crippen molar-refractivity contribution in [1.29, 1.82) is 0 Å². The third kappa shape index (κ3) is 3.48. The van der Waals surface area contributed by atoms with E-state index in [0.717, 1.165) is 42.7 Å². The molecule has 0 radical (unpaired) electrons. The number of aliphatic imine (C=N–C) groups is 2. The number of hydrogen-bond acceptors (Lipinski definition) is 4. The molecular weight excluding hydrogens is 374 g/mol. The lowest BCUT2D eigenvalue weighted by Crippen LogP contribution is -2.45. The average molecular weight is 399 g/mol. The van der Waals surface area contributed by atoms with Crippen LogP contribution in [0, 0.1) is 12.8 Å². The monoisotopic (exact) mass is 399 g/mol. The molecule has 1 unspecified atom stereocenters. The molecule has 5 rings (SSSR count). The van der Waals surface area contributed by atoms with Gasteiger partial charge in [0.15, 0.2) is 5.69 Å². The number of fused-ring (bicyclic) bond motifs is 2. The normalized spacial score (nSPS) is 21.9. The van der Waals surface area contributed by atoms with Gasteiger partial charge >= 0.3 is 0 Å². The maximum Gasteiger partial charge on any atom is 0.297 e. The molecule has 0 bridgehead atoms. The number of hydrogen-bond donors (Lipinski definition) is 0. The first-order valence-electron chi connectivity index (χ1n) is 10.5. The SMILES string of the molecule is Cc1cccc2cc(C(=O)/N=C/C3CCN(C)[C@@H](C4=Nc5ccccc5C4)C3)nn12. The van der Waals surface area contributed by atoms with Crippen LogP contribution in [-0.2, 0) is 6.42 Å². The Labute approximate surface area is 176 Å². The third-order valence-corrected chi connectivity index (χ3v) is 6.22. The third-order valence-electron chi connectivity index (χ3n) is 6.22. The van der Waals surface area contributed by atoms with E-state index in [-0.39, 0.29) is 17.9 Å². The molecule has 152 valence electrons. The van der Waals surface area contributed by atoms with Crippen LogP contribution in [0.25, 0.3) is 5.52 Å². The number of aryl methyl sites for hydroxylation is 1. The molecular formula is C24H25N5O. The van der Waals surface area contributed by atoms with Crippen molar-refractivity contribution in [1.82, 2.24) is 14.5 Å². The molecule has 0 spiro atoms. The summed E-state index contributed by atoms with van der Waals surface area (Å²) in [5, 5.41) is 4.41. The number of para-hydroxylation sites is 1. The van der Waals surface area contributed by atoms with Crippen LogP contribution >= 0.6 is 0 Å². The van der Waals surface area contributed by atoms with Crippen molar-refractivity contribution >= 4 is 29.0 Å². The molecule has 1 saturated heterocycles. The minimum absolute atomic E-state index is 0.264. The zero-order valence-corrected chi connectivity index (χ0v) is 17.3. The molecule has 2 aromatic heterocycles. The van der Waals surface area contributed by atoms with Gasteiger partial charge in [-0.15, -0.1) is 0 Å². The molecule has 0 saturated carbocycles. The number of piperidine rings is 1. The van der Waals surface area contributed by atoms with E-state index in [0.29, 0.717) is 5.69 Å². The van der Waals surface area contributed by atoms with Gasteiger partial charge in [-0.3, -0.25) is 14.7 Å². The van der Waals surface area contributed by atoms with E-state index in [1.165, 1.54) is 11.3 Å². The Morgan fingerprint density at radius 2 is 2.07 bits per heavy atom. The summed E-state index contributed by atoms with van der Waals surface area (Å²) in [4.78, 5) is 24.1. The maximum atomic E-state index is 12.6. The molecule has 3 aromatic rings. The number of rotatable bonds is 3. The van der Waals surface area contributed by atoms with Crippen molar-refractivity contribution in [3.8, 4) is 0 Å². The fourth-order valence-corrected chi connectivity index (χ4v) is 4.48. The van der Waals surface area contributed by atoms with E-state index in [2.05, 4.69) is 40.2 Å². The standard InChI is InChI=1S/C24H25N5O/c1-16-6-5-8-19-14-22(27-29(16)19)24(30)25-15-17-10-11-28(2)23(12-17)21-13-18-7-3-4-9-20(18)26-21/h3-9,14-15,17,23H,10-13H2,1-2H3/b25-15+/t17?,23-/m1/s1. The molecule has 6 heteroatoms. The van der Waals surface area contributed by atoms with Gasteiger partial charge in [0.05, 0.1) is 11.2 Å². The second-order valence-corrected chi connectivity index (χ2v) is 8.31. The van der Waals surface area contributed by atoms with E-state index in [1.807, 2.05) is 37.4 Å². The van der Waals surface area contributed by atoms with Gasteiger partial charge in [-0.05, 0) is 69.1 Å². The van der Waals surface area contributed by atoms with Gasteiger partial charge in [-0.2, -0.15) is 5.10 Å². The van der Waals surface area contributed by atoms with Crippen molar-refractivity contribution in [2.45, 2.75) is 32.2 Å². The lowest BCUT2D eigenvalue weighted by Gasteiger charge is -2.36. The predicted octanol–water partition coefficient (Wildman–Crippen LogP) is 3.89. The smallest absolute Gasteiger partial charge is 0.297 e. The van der Waals surface area contributed by atoms with Gasteiger partial charge in [0.2, 0.25) is 0 Å². The first-order valence-corrected chi connectivity index (χ1v) is 10.5. The Morgan fingerprint density at radius 1 is 1.20 bits per heavy atom. The summed E-state index contributed by atoms with van der Waals surface area (Å²) in [6.07, 6.45) is 4.68. The van der Waals surface area contributed by atoms with Crippen LogP contribution in [0.2, 0.25) is 0 Å². The number of likely N-dealkylation sites (tertiary alicyclic amines) is 1. The molecule has 30 heavy (non-hydrogen) atoms. The lowest BCUT2D eigenvalue weighted by atomic mass is 9.88. The Balaban J connectivity index is 1.29. The predicted molar refractivity (Wildman–Crippen MR) is 119 cm³/mol. The first-order chi connectivity index (χ1) is 14.6. The molecule has 6 nitrogen and oxygen atoms in total. The van der Waals surface area contributed by atoms with E-state index in [4.69, 9.17) is 4.99 Å². The van der Waals surface area contributed by atoms with Crippen molar-refractivity contribution < 1.29 is 4.79 Å². The van der Waals surface area contributed by atoms with E-state index in [1.54, 1.807) is 10.6 Å². The molecule has 2 aliphatic rings. The summed E-state index contributed by atoms with van der Waals surface area (Å²) in [5.74, 6) is -0.0143. The summed E-state index contributed by atoms with van der Waals surface area (Å²) in [5.41, 5.74) is 5.90. The number of nitrogens with zero attached hydrogens (tertiary/aromatic N) is 5. The second-order valence-electron chi connectivity index (χ2n) is 8.31. The highest BCUT2D eigenvalue weighted by atomic mass is 16.1. The Morgan fingerprint density at radius 3 is 2.90 bits per heavy atom. The van der Waals surface area contributed by atoms with Crippen LogP contribution in [0.15, 0.2) is 58.5 Å². The summed E-state index contributed by atoms with van der Waals surface area (Å²) in [7, 11) is 2.16. The number of carbonyl (C=O) groups excluding carboxylic acids is 1. The van der Waals surface area contributed by atoms with Gasteiger partial charge in [0.25, 0.3) is 5.91 Å². The maximum absolute atomic E-state index is 12.6. The zero-order valence-electron chi connectivity index (χ0n) is 17.3. The van der Waals surface area contributed by atoms with E-state index in [9.17, 15) is 4.79 Å². The van der Waals surface area contributed by atoms with Crippen LogP contribution in [0.4, 0.5) is 5.69 Å². The van der Waals surface area contributed by atoms with Crippen LogP contribution in [-0.4, -0.2) is 52.0 Å². The topological polar surface area (TPSA) is 62.3 Å². The lowest BCUT2D eigenvalue weighted by molar-refractivity contribution is 0.0997. The minimum Gasteiger partial charge on any atom is -0.298 e. The van der Waals surface area contributed by atoms with Crippen molar-refractivity contribution in [3.05, 3.63) is 65.5 Å². The minimum atomic E-state index is -0.279. The van der Waals surface area contributed by atoms with E-state index < -0.39 is 0 Å². The van der Waals surface area contributed by atoms with Crippen LogP contribution in [0.1, 0.15) is 34.6 Å². The van der Waals surface area contributed by atoms with Gasteiger partial charge < -0.3 is 0 Å². The molecule has 2 atom stereocenters. The number of amides is 1. The molecule has 0 aliphatic carbocycles. The largest absolute Gasteiger partial charge is 0.298 e. The summed E-state index contributed by atoms with van der Waals surface area (Å²) < 4.78 is 1.78. The van der Waals surface area contributed by atoms with Gasteiger partial charge in [-0.25, -0.2) is 9.51 Å². The highest BCUT2D eigenvalue weighted by Crippen LogP contribution is 2.31. The van der Waals surface area contributed by atoms with Gasteiger partial charge in [0.1, 0.15) is 0 Å². The summed E-state index contributed by atoms with van der Waals surface area (Å²) in [6.45, 7) is 2.94. The fourth-order valence-electron chi connectivity index (χ4n) is 4.48. The molecule has 0 N–H and O–H groups in total. The van der Waals surface area contributed by atoms with Crippen LogP contribution < -0.4 is 0 Å². The quantitative estimate of drug-likeness (QED) is 0.628. The van der Waals surface area contributed by atoms with Crippen molar-refractivity contribution in [2.24, 2.45) is 15.9 Å². The van der Waals surface area contributed by atoms with Crippen LogP contribution in [0.5, 0.6) is 0 Å². The Bertz CT molecular complexity index is 1180. The highest BCUT2D eigenvalue weighted by molar-refractivity contribution is 6.00. The van der Waals surface area contributed by atoms with Crippen molar-refractivity contribution in [2.75, 3.05) is 13.6 Å². The first kappa shape index (κ1) is 18.9. The molecule has 4 heterocycles. The fraction of sp³-hybridized carbons (Fsp3) is 0.333.